The molecule has 1 spiro atoms. The van der Waals surface area contributed by atoms with Crippen LogP contribution in [0.15, 0.2) is 30.0 Å². The highest BCUT2D eigenvalue weighted by molar-refractivity contribution is 7.87. The standard InChI is InChI=1S/C25H34N8O2S/c1-17-14-31(8-9-32(17)23(34)24(2)5-4-10-36(24)35)21-20-22(30-16-29-21)33(15-25(20)6-3-7-25)19(28)11-18(12-26)13-27/h11-12,16-17H,3-10,14-15,26,28H2,1-2H3/b18-12+,19-11+. The van der Waals surface area contributed by atoms with Gasteiger partial charge >= 0.3 is 0 Å². The van der Waals surface area contributed by atoms with Gasteiger partial charge in [-0.05, 0) is 45.6 Å². The number of allylic oxidation sites excluding steroid dienone is 2. The van der Waals surface area contributed by atoms with Crippen molar-refractivity contribution in [1.29, 1.82) is 5.26 Å². The van der Waals surface area contributed by atoms with Crippen LogP contribution in [0.1, 0.15) is 51.5 Å². The molecule has 3 atom stereocenters. The first-order chi connectivity index (χ1) is 17.2. The Balaban J connectivity index is 1.43. The van der Waals surface area contributed by atoms with E-state index in [1.165, 1.54) is 6.20 Å². The van der Waals surface area contributed by atoms with Crippen LogP contribution in [-0.4, -0.2) is 67.7 Å². The molecular weight excluding hydrogens is 476 g/mol. The summed E-state index contributed by atoms with van der Waals surface area (Å²) >= 11 is 0. The summed E-state index contributed by atoms with van der Waals surface area (Å²) in [5.41, 5.74) is 13.3. The minimum Gasteiger partial charge on any atom is -0.404 e. The van der Waals surface area contributed by atoms with E-state index < -0.39 is 15.5 Å². The summed E-state index contributed by atoms with van der Waals surface area (Å²) in [5.74, 6) is 2.74. The molecule has 1 aliphatic carbocycles. The molecule has 4 N–H and O–H groups in total. The molecule has 1 amide bonds. The predicted molar refractivity (Wildman–Crippen MR) is 139 cm³/mol. The van der Waals surface area contributed by atoms with Gasteiger partial charge in [-0.25, -0.2) is 9.97 Å². The number of nitriles is 1. The Bertz CT molecular complexity index is 1200. The van der Waals surface area contributed by atoms with Crippen molar-refractivity contribution in [2.24, 2.45) is 11.5 Å². The molecule has 0 aromatic carbocycles. The van der Waals surface area contributed by atoms with Crippen molar-refractivity contribution in [2.45, 2.75) is 62.2 Å². The van der Waals surface area contributed by atoms with Crippen molar-refractivity contribution in [1.82, 2.24) is 14.9 Å². The summed E-state index contributed by atoms with van der Waals surface area (Å²) in [7, 11) is -1.12. The lowest BCUT2D eigenvalue weighted by Crippen LogP contribution is -2.59. The summed E-state index contributed by atoms with van der Waals surface area (Å²) in [6.07, 6.45) is 9.11. The molecule has 192 valence electrons. The summed E-state index contributed by atoms with van der Waals surface area (Å²) in [6.45, 7) is 6.47. The minimum atomic E-state index is -1.12. The average Bonchev–Trinajstić information content (AvgIpc) is 3.40. The van der Waals surface area contributed by atoms with Gasteiger partial charge in [0.1, 0.15) is 34.6 Å². The predicted octanol–water partition coefficient (Wildman–Crippen LogP) is 1.22. The summed E-state index contributed by atoms with van der Waals surface area (Å²) in [6, 6.07) is 2.02. The molecule has 0 radical (unpaired) electrons. The monoisotopic (exact) mass is 510 g/mol. The number of hydrogen-bond donors (Lipinski definition) is 2. The maximum Gasteiger partial charge on any atom is 0.241 e. The Morgan fingerprint density at radius 1 is 1.25 bits per heavy atom. The molecule has 2 saturated heterocycles. The Labute approximate surface area is 214 Å². The first-order valence-electron chi connectivity index (χ1n) is 12.6. The smallest absolute Gasteiger partial charge is 0.241 e. The quantitative estimate of drug-likeness (QED) is 0.451. The van der Waals surface area contributed by atoms with Gasteiger partial charge in [-0.3, -0.25) is 9.00 Å². The van der Waals surface area contributed by atoms with Crippen LogP contribution < -0.4 is 21.3 Å². The molecule has 3 aliphatic heterocycles. The van der Waals surface area contributed by atoms with Crippen molar-refractivity contribution in [3.63, 3.8) is 0 Å². The molecule has 4 aliphatic rings. The van der Waals surface area contributed by atoms with Gasteiger partial charge < -0.3 is 26.2 Å². The maximum atomic E-state index is 13.4. The van der Waals surface area contributed by atoms with Gasteiger partial charge in [-0.1, -0.05) is 6.42 Å². The highest BCUT2D eigenvalue weighted by atomic mass is 32.2. The zero-order valence-electron chi connectivity index (χ0n) is 20.9. The number of fused-ring (bicyclic) bond motifs is 2. The average molecular weight is 511 g/mol. The Kier molecular flexibility index (Phi) is 6.19. The van der Waals surface area contributed by atoms with E-state index >= 15 is 0 Å². The number of nitrogens with two attached hydrogens (primary N) is 2. The molecule has 0 bridgehead atoms. The molecule has 11 heteroatoms. The lowest BCUT2D eigenvalue weighted by Gasteiger charge is -2.45. The van der Waals surface area contributed by atoms with E-state index in [1.54, 1.807) is 12.4 Å². The number of aromatic nitrogens is 2. The molecule has 3 unspecified atom stereocenters. The largest absolute Gasteiger partial charge is 0.404 e. The molecular formula is C25H34N8O2S. The number of anilines is 2. The second kappa shape index (κ2) is 9.07. The van der Waals surface area contributed by atoms with Gasteiger partial charge in [0.25, 0.3) is 0 Å². The third-order valence-electron chi connectivity index (χ3n) is 8.41. The molecule has 5 rings (SSSR count). The van der Waals surface area contributed by atoms with Crippen LogP contribution in [0.2, 0.25) is 0 Å². The summed E-state index contributed by atoms with van der Waals surface area (Å²) in [5, 5.41) is 9.28. The second-order valence-corrected chi connectivity index (χ2v) is 12.6. The lowest BCUT2D eigenvalue weighted by molar-refractivity contribution is -0.136. The number of piperazine rings is 1. The zero-order chi connectivity index (χ0) is 25.7. The number of rotatable bonds is 4. The number of carbonyl (C=O) groups is 1. The Morgan fingerprint density at radius 2 is 2.00 bits per heavy atom. The van der Waals surface area contributed by atoms with Crippen LogP contribution in [0.5, 0.6) is 0 Å². The van der Waals surface area contributed by atoms with E-state index in [-0.39, 0.29) is 17.4 Å². The third-order valence-corrected chi connectivity index (χ3v) is 10.5. The number of nitrogens with zero attached hydrogens (tertiary/aromatic N) is 6. The van der Waals surface area contributed by atoms with Gasteiger partial charge in [-0.15, -0.1) is 0 Å². The summed E-state index contributed by atoms with van der Waals surface area (Å²) < 4.78 is 11.8. The SMILES string of the molecule is CC1CN(c2ncnc3c2C2(CCC2)CN3/C(N)=C/C(C#N)=C\N)CCN1C(=O)C1(C)CCCS1=O. The van der Waals surface area contributed by atoms with E-state index in [0.717, 1.165) is 42.9 Å². The molecule has 4 heterocycles. The van der Waals surface area contributed by atoms with Crippen LogP contribution in [0.3, 0.4) is 0 Å². The normalized spacial score (nSPS) is 29.8. The molecule has 1 saturated carbocycles. The van der Waals surface area contributed by atoms with Gasteiger partial charge in [0.05, 0.1) is 5.57 Å². The number of carbonyl (C=O) groups excluding carboxylic acids is 1. The van der Waals surface area contributed by atoms with Crippen molar-refractivity contribution < 1.29 is 9.00 Å². The van der Waals surface area contributed by atoms with Crippen LogP contribution >= 0.6 is 0 Å². The third kappa shape index (κ3) is 3.74. The van der Waals surface area contributed by atoms with Gasteiger partial charge in [0.15, 0.2) is 0 Å². The fourth-order valence-electron chi connectivity index (χ4n) is 6.16. The molecule has 36 heavy (non-hydrogen) atoms. The second-order valence-electron chi connectivity index (χ2n) is 10.6. The Morgan fingerprint density at radius 3 is 2.58 bits per heavy atom. The van der Waals surface area contributed by atoms with Crippen LogP contribution in [-0.2, 0) is 21.0 Å². The van der Waals surface area contributed by atoms with Crippen molar-refractivity contribution in [2.75, 3.05) is 41.7 Å². The van der Waals surface area contributed by atoms with E-state index in [1.807, 2.05) is 22.8 Å². The minimum absolute atomic E-state index is 0.0132. The van der Waals surface area contributed by atoms with E-state index in [9.17, 15) is 14.3 Å². The topological polar surface area (TPSA) is 145 Å². The first kappa shape index (κ1) is 24.6. The van der Waals surface area contributed by atoms with E-state index in [0.29, 0.717) is 49.7 Å². The van der Waals surface area contributed by atoms with Crippen LogP contribution in [0.4, 0.5) is 11.6 Å². The van der Waals surface area contributed by atoms with E-state index in [4.69, 9.17) is 16.5 Å². The Hall–Kier alpha value is -3.13. The fourth-order valence-corrected chi connectivity index (χ4v) is 7.70. The maximum absolute atomic E-state index is 13.4. The lowest BCUT2D eigenvalue weighted by atomic mass is 9.66. The van der Waals surface area contributed by atoms with Crippen molar-refractivity contribution in [3.05, 3.63) is 35.6 Å². The van der Waals surface area contributed by atoms with Gasteiger partial charge in [0, 0.05) is 66.0 Å². The fraction of sp³-hybridized carbons (Fsp3) is 0.600. The number of hydrogen-bond acceptors (Lipinski definition) is 9. The molecule has 10 nitrogen and oxygen atoms in total. The molecule has 1 aromatic heterocycles. The number of amides is 1. The van der Waals surface area contributed by atoms with E-state index in [2.05, 4.69) is 16.8 Å². The van der Waals surface area contributed by atoms with Gasteiger partial charge in [-0.2, -0.15) is 5.26 Å². The van der Waals surface area contributed by atoms with Crippen LogP contribution in [0.25, 0.3) is 0 Å². The van der Waals surface area contributed by atoms with Crippen LogP contribution in [0, 0.1) is 11.3 Å². The molecule has 1 aromatic rings. The van der Waals surface area contributed by atoms with Crippen molar-refractivity contribution in [3.8, 4) is 6.07 Å². The van der Waals surface area contributed by atoms with Crippen molar-refractivity contribution >= 4 is 28.3 Å². The molecule has 3 fully saturated rings. The summed E-state index contributed by atoms with van der Waals surface area (Å²) in [4.78, 5) is 28.9. The highest BCUT2D eigenvalue weighted by Crippen LogP contribution is 2.55. The highest BCUT2D eigenvalue weighted by Gasteiger charge is 2.52. The first-order valence-corrected chi connectivity index (χ1v) is 13.9. The van der Waals surface area contributed by atoms with Gasteiger partial charge in [0.2, 0.25) is 5.91 Å². The zero-order valence-corrected chi connectivity index (χ0v) is 21.8.